The predicted octanol–water partition coefficient (Wildman–Crippen LogP) is 4.83. The highest BCUT2D eigenvalue weighted by Gasteiger charge is 2.33. The van der Waals surface area contributed by atoms with Gasteiger partial charge in [0.2, 0.25) is 11.8 Å². The fraction of sp³-hybridized carbons (Fsp3) is 0.333. The molecule has 0 saturated heterocycles. The van der Waals surface area contributed by atoms with Gasteiger partial charge in [0, 0.05) is 23.6 Å². The van der Waals surface area contributed by atoms with E-state index in [2.05, 4.69) is 21.2 Å². The van der Waals surface area contributed by atoms with Gasteiger partial charge in [-0.2, -0.15) is 0 Å². The van der Waals surface area contributed by atoms with Crippen LogP contribution in [0.2, 0.25) is 0 Å². The lowest BCUT2D eigenvalue weighted by atomic mass is 10.1. The minimum Gasteiger partial charge on any atom is -0.493 e. The van der Waals surface area contributed by atoms with E-state index >= 15 is 0 Å². The molecule has 1 N–H and O–H groups in total. The summed E-state index contributed by atoms with van der Waals surface area (Å²) in [6.45, 7) is 7.11. The van der Waals surface area contributed by atoms with E-state index in [-0.39, 0.29) is 23.1 Å². The van der Waals surface area contributed by atoms with Crippen molar-refractivity contribution in [2.24, 2.45) is 0 Å². The second-order valence-corrected chi connectivity index (χ2v) is 12.4. The summed E-state index contributed by atoms with van der Waals surface area (Å²) in [6, 6.07) is 16.2. The fourth-order valence-electron chi connectivity index (χ4n) is 4.46. The second-order valence-electron chi connectivity index (χ2n) is 9.60. The predicted molar refractivity (Wildman–Crippen MR) is 163 cm³/mol. The number of anilines is 1. The molecule has 0 radical (unpaired) electrons. The van der Waals surface area contributed by atoms with E-state index in [1.807, 2.05) is 44.2 Å². The number of amides is 2. The van der Waals surface area contributed by atoms with Gasteiger partial charge in [-0.05, 0) is 80.8 Å². The van der Waals surface area contributed by atoms with Crippen molar-refractivity contribution < 1.29 is 27.5 Å². The molecule has 3 rings (SSSR count). The van der Waals surface area contributed by atoms with Gasteiger partial charge in [0.15, 0.2) is 11.5 Å². The molecular formula is C30H36BrN3O6S. The average molecular weight is 647 g/mol. The van der Waals surface area contributed by atoms with Gasteiger partial charge in [-0.1, -0.05) is 34.1 Å². The number of sulfonamides is 1. The van der Waals surface area contributed by atoms with E-state index in [1.54, 1.807) is 26.0 Å². The number of rotatable bonds is 12. The number of nitrogens with one attached hydrogen (secondary N) is 1. The Morgan fingerprint density at radius 1 is 0.951 bits per heavy atom. The first-order valence-electron chi connectivity index (χ1n) is 13.1. The van der Waals surface area contributed by atoms with Crippen LogP contribution in [0.1, 0.15) is 30.5 Å². The number of nitrogens with zero attached hydrogens (tertiary/aromatic N) is 2. The van der Waals surface area contributed by atoms with Gasteiger partial charge in [-0.15, -0.1) is 0 Å². The number of hydrogen-bond acceptors (Lipinski definition) is 6. The summed E-state index contributed by atoms with van der Waals surface area (Å²) < 4.78 is 40.8. The van der Waals surface area contributed by atoms with Crippen molar-refractivity contribution in [2.75, 3.05) is 31.6 Å². The monoisotopic (exact) mass is 645 g/mol. The highest BCUT2D eigenvalue weighted by Crippen LogP contribution is 2.33. The van der Waals surface area contributed by atoms with E-state index in [0.29, 0.717) is 18.0 Å². The highest BCUT2D eigenvalue weighted by molar-refractivity contribution is 9.10. The van der Waals surface area contributed by atoms with Gasteiger partial charge < -0.3 is 19.7 Å². The minimum absolute atomic E-state index is 0.0718. The summed E-state index contributed by atoms with van der Waals surface area (Å²) in [4.78, 5) is 28.2. The van der Waals surface area contributed by atoms with Crippen molar-refractivity contribution in [2.45, 2.75) is 45.2 Å². The number of methoxy groups -OCH3 is 2. The highest BCUT2D eigenvalue weighted by atomic mass is 79.9. The number of carbonyl (C=O) groups is 2. The molecule has 0 aliphatic rings. The van der Waals surface area contributed by atoms with Crippen LogP contribution in [0.4, 0.5) is 5.69 Å². The molecule has 0 aromatic heterocycles. The zero-order valence-corrected chi connectivity index (χ0v) is 26.5. The number of carbonyl (C=O) groups excluding carboxylic acids is 2. The molecule has 11 heteroatoms. The van der Waals surface area contributed by atoms with Crippen LogP contribution in [0.25, 0.3) is 0 Å². The molecular weight excluding hydrogens is 610 g/mol. The molecule has 2 amide bonds. The Hall–Kier alpha value is -3.57. The SMILES string of the molecule is CCNC(=O)C(C)N(Cc1cccc(Br)c1)C(=O)CN(c1cc(C)cc(C)c1)S(=O)(=O)c1ccc(OC)c(OC)c1. The molecule has 1 atom stereocenters. The van der Waals surface area contributed by atoms with Gasteiger partial charge in [0.05, 0.1) is 24.8 Å². The Balaban J connectivity index is 2.11. The van der Waals surface area contributed by atoms with Gasteiger partial charge >= 0.3 is 0 Å². The van der Waals surface area contributed by atoms with Crippen LogP contribution in [0.5, 0.6) is 11.5 Å². The minimum atomic E-state index is -4.27. The summed E-state index contributed by atoms with van der Waals surface area (Å²) in [5, 5.41) is 2.76. The first-order chi connectivity index (χ1) is 19.4. The summed E-state index contributed by atoms with van der Waals surface area (Å²) in [5.74, 6) is -0.263. The molecule has 1 unspecified atom stereocenters. The van der Waals surface area contributed by atoms with Gasteiger partial charge in [0.25, 0.3) is 10.0 Å². The van der Waals surface area contributed by atoms with Crippen LogP contribution in [0.15, 0.2) is 70.0 Å². The van der Waals surface area contributed by atoms with Crippen LogP contribution >= 0.6 is 15.9 Å². The van der Waals surface area contributed by atoms with Gasteiger partial charge in [-0.25, -0.2) is 8.42 Å². The average Bonchev–Trinajstić information content (AvgIpc) is 2.93. The smallest absolute Gasteiger partial charge is 0.264 e. The molecule has 0 aliphatic carbocycles. The van der Waals surface area contributed by atoms with Crippen LogP contribution in [-0.2, 0) is 26.2 Å². The van der Waals surface area contributed by atoms with Crippen molar-refractivity contribution >= 4 is 43.5 Å². The molecule has 3 aromatic carbocycles. The molecule has 9 nitrogen and oxygen atoms in total. The second kappa shape index (κ2) is 13.9. The Morgan fingerprint density at radius 3 is 2.20 bits per heavy atom. The lowest BCUT2D eigenvalue weighted by Gasteiger charge is -2.32. The van der Waals surface area contributed by atoms with Crippen molar-refractivity contribution in [3.8, 4) is 11.5 Å². The van der Waals surface area contributed by atoms with E-state index in [4.69, 9.17) is 9.47 Å². The summed E-state index contributed by atoms with van der Waals surface area (Å²) in [7, 11) is -1.39. The molecule has 0 bridgehead atoms. The number of ether oxygens (including phenoxy) is 2. The third-order valence-electron chi connectivity index (χ3n) is 6.48. The molecule has 0 fully saturated rings. The zero-order valence-electron chi connectivity index (χ0n) is 24.1. The maximum absolute atomic E-state index is 14.2. The number of halogens is 1. The first-order valence-corrected chi connectivity index (χ1v) is 15.3. The first kappa shape index (κ1) is 32.0. The van der Waals surface area contributed by atoms with Gasteiger partial charge in [-0.3, -0.25) is 13.9 Å². The standard InChI is InChI=1S/C30H36BrN3O6S/c1-7-32-30(36)22(4)33(18-23-9-8-10-24(31)16-23)29(35)19-34(25-14-20(2)13-21(3)15-25)41(37,38)26-11-12-27(39-5)28(17-26)40-6/h8-17,22H,7,18-19H2,1-6H3,(H,32,36). The number of likely N-dealkylation sites (N-methyl/N-ethyl adjacent to an activating group) is 1. The molecule has 41 heavy (non-hydrogen) atoms. The van der Waals surface area contributed by atoms with Crippen LogP contribution in [-0.4, -0.2) is 58.5 Å². The van der Waals surface area contributed by atoms with E-state index in [1.165, 1.54) is 37.3 Å². The van der Waals surface area contributed by atoms with Crippen LogP contribution < -0.4 is 19.1 Å². The third kappa shape index (κ3) is 7.80. The molecule has 220 valence electrons. The van der Waals surface area contributed by atoms with E-state index in [9.17, 15) is 18.0 Å². The fourth-order valence-corrected chi connectivity index (χ4v) is 6.32. The zero-order chi connectivity index (χ0) is 30.3. The summed E-state index contributed by atoms with van der Waals surface area (Å²) >= 11 is 3.45. The van der Waals surface area contributed by atoms with Crippen LogP contribution in [0.3, 0.4) is 0 Å². The van der Waals surface area contributed by atoms with E-state index < -0.39 is 28.5 Å². The Kier molecular flexibility index (Phi) is 10.8. The summed E-state index contributed by atoms with van der Waals surface area (Å²) in [5.41, 5.74) is 2.78. The molecule has 0 saturated carbocycles. The third-order valence-corrected chi connectivity index (χ3v) is 8.74. The number of aryl methyl sites for hydroxylation is 2. The number of benzene rings is 3. The quantitative estimate of drug-likeness (QED) is 0.302. The Bertz CT molecular complexity index is 1490. The lowest BCUT2D eigenvalue weighted by Crippen LogP contribution is -2.51. The Labute approximate surface area is 250 Å². The summed E-state index contributed by atoms with van der Waals surface area (Å²) in [6.07, 6.45) is 0. The largest absolute Gasteiger partial charge is 0.493 e. The maximum Gasteiger partial charge on any atom is 0.264 e. The topological polar surface area (TPSA) is 105 Å². The molecule has 0 spiro atoms. The molecule has 0 heterocycles. The van der Waals surface area contributed by atoms with Crippen molar-refractivity contribution in [1.29, 1.82) is 0 Å². The maximum atomic E-state index is 14.2. The Morgan fingerprint density at radius 2 is 1.61 bits per heavy atom. The van der Waals surface area contributed by atoms with Gasteiger partial charge in [0.1, 0.15) is 12.6 Å². The lowest BCUT2D eigenvalue weighted by molar-refractivity contribution is -0.139. The van der Waals surface area contributed by atoms with Crippen molar-refractivity contribution in [3.05, 3.63) is 81.8 Å². The van der Waals surface area contributed by atoms with Crippen molar-refractivity contribution in [3.63, 3.8) is 0 Å². The normalized spacial score (nSPS) is 11.9. The molecule has 3 aromatic rings. The molecule has 0 aliphatic heterocycles. The van der Waals surface area contributed by atoms with E-state index in [0.717, 1.165) is 25.5 Å². The number of hydrogen-bond donors (Lipinski definition) is 1. The van der Waals surface area contributed by atoms with Crippen LogP contribution in [0, 0.1) is 13.8 Å². The van der Waals surface area contributed by atoms with Crippen molar-refractivity contribution in [1.82, 2.24) is 10.2 Å².